The minimum atomic E-state index is -4.64. The molecule has 144 valence electrons. The van der Waals surface area contributed by atoms with Gasteiger partial charge in [0, 0.05) is 18.0 Å². The monoisotopic (exact) mass is 405 g/mol. The quantitative estimate of drug-likeness (QED) is 0.426. The van der Waals surface area contributed by atoms with E-state index in [0.717, 1.165) is 22.7 Å². The lowest BCUT2D eigenvalue weighted by Crippen LogP contribution is -2.31. The Morgan fingerprint density at radius 2 is 1.79 bits per heavy atom. The first-order valence-corrected chi connectivity index (χ1v) is 9.29. The van der Waals surface area contributed by atoms with Gasteiger partial charge in [0.15, 0.2) is 0 Å². The fourth-order valence-corrected chi connectivity index (χ4v) is 3.89. The molecule has 1 aliphatic heterocycles. The third-order valence-electron chi connectivity index (χ3n) is 4.17. The van der Waals surface area contributed by atoms with Crippen LogP contribution in [0.1, 0.15) is 44.0 Å². The first-order chi connectivity index (χ1) is 13.2. The molecule has 0 atom stereocenters. The maximum absolute atomic E-state index is 13.1. The van der Waals surface area contributed by atoms with E-state index in [2.05, 4.69) is 4.98 Å². The summed E-state index contributed by atoms with van der Waals surface area (Å²) in [4.78, 5) is 29.7. The van der Waals surface area contributed by atoms with Crippen LogP contribution in [0.25, 0.3) is 0 Å². The van der Waals surface area contributed by atoms with Gasteiger partial charge in [-0.2, -0.15) is 18.4 Å². The number of aromatic nitrogens is 1. The summed E-state index contributed by atoms with van der Waals surface area (Å²) < 4.78 is 39.4. The summed E-state index contributed by atoms with van der Waals surface area (Å²) in [5, 5.41) is 9.15. The zero-order valence-corrected chi connectivity index (χ0v) is 15.5. The van der Waals surface area contributed by atoms with Crippen molar-refractivity contribution in [2.75, 3.05) is 12.3 Å². The molecule has 5 nitrogen and oxygen atoms in total. The highest BCUT2D eigenvalue weighted by molar-refractivity contribution is 7.99. The van der Waals surface area contributed by atoms with E-state index in [9.17, 15) is 22.8 Å². The molecular formula is C19H14F3N3O2S. The Hall–Kier alpha value is -2.86. The number of aryl methyl sites for hydroxylation is 1. The first kappa shape index (κ1) is 19.9. The third kappa shape index (κ3) is 3.73. The van der Waals surface area contributed by atoms with E-state index in [1.165, 1.54) is 6.92 Å². The number of fused-ring (bicyclic) bond motifs is 1. The number of hydrogen-bond donors (Lipinski definition) is 0. The van der Waals surface area contributed by atoms with Gasteiger partial charge in [0.1, 0.15) is 11.1 Å². The van der Waals surface area contributed by atoms with Crippen LogP contribution in [-0.4, -0.2) is 34.0 Å². The summed E-state index contributed by atoms with van der Waals surface area (Å²) in [5.74, 6) is -0.455. The number of nitriles is 1. The van der Waals surface area contributed by atoms with Crippen molar-refractivity contribution in [3.05, 3.63) is 58.3 Å². The van der Waals surface area contributed by atoms with Crippen LogP contribution in [0, 0.1) is 18.3 Å². The Morgan fingerprint density at radius 1 is 1.18 bits per heavy atom. The number of halogens is 3. The van der Waals surface area contributed by atoms with Crippen molar-refractivity contribution in [2.24, 2.45) is 0 Å². The lowest BCUT2D eigenvalue weighted by atomic mass is 10.1. The predicted octanol–water partition coefficient (Wildman–Crippen LogP) is 4.06. The molecule has 0 fully saturated rings. The predicted molar refractivity (Wildman–Crippen MR) is 95.8 cm³/mol. The van der Waals surface area contributed by atoms with Crippen LogP contribution in [-0.2, 0) is 6.18 Å². The van der Waals surface area contributed by atoms with Crippen LogP contribution in [0.5, 0.6) is 0 Å². The Balaban J connectivity index is 1.67. The Morgan fingerprint density at radius 3 is 2.32 bits per heavy atom. The lowest BCUT2D eigenvalue weighted by Gasteiger charge is -2.14. The van der Waals surface area contributed by atoms with Gasteiger partial charge in [0.25, 0.3) is 11.8 Å². The van der Waals surface area contributed by atoms with Crippen LogP contribution in [0.15, 0.2) is 35.4 Å². The number of rotatable bonds is 5. The molecular weight excluding hydrogens is 391 g/mol. The molecule has 2 aromatic rings. The van der Waals surface area contributed by atoms with Gasteiger partial charge in [-0.3, -0.25) is 14.5 Å². The van der Waals surface area contributed by atoms with Crippen molar-refractivity contribution in [1.82, 2.24) is 9.88 Å². The highest BCUT2D eigenvalue weighted by atomic mass is 32.2. The van der Waals surface area contributed by atoms with E-state index >= 15 is 0 Å². The number of imide groups is 1. The van der Waals surface area contributed by atoms with Crippen molar-refractivity contribution in [2.45, 2.75) is 24.5 Å². The van der Waals surface area contributed by atoms with E-state index in [1.807, 2.05) is 0 Å². The summed E-state index contributed by atoms with van der Waals surface area (Å²) in [6.45, 7) is 1.57. The smallest absolute Gasteiger partial charge is 0.274 e. The fourth-order valence-electron chi connectivity index (χ4n) is 2.91. The topological polar surface area (TPSA) is 74.1 Å². The van der Waals surface area contributed by atoms with Gasteiger partial charge in [0.05, 0.1) is 22.3 Å². The first-order valence-electron chi connectivity index (χ1n) is 8.31. The Kier molecular flexibility index (Phi) is 5.42. The zero-order chi connectivity index (χ0) is 20.5. The van der Waals surface area contributed by atoms with Crippen molar-refractivity contribution in [3.63, 3.8) is 0 Å². The molecule has 28 heavy (non-hydrogen) atoms. The molecule has 0 spiro atoms. The minimum absolute atomic E-state index is 0.00261. The maximum Gasteiger partial charge on any atom is 0.417 e. The average molecular weight is 405 g/mol. The molecule has 1 aromatic heterocycles. The summed E-state index contributed by atoms with van der Waals surface area (Å²) in [7, 11) is 0. The minimum Gasteiger partial charge on any atom is -0.274 e. The molecule has 0 unspecified atom stereocenters. The number of carbonyl (C=O) groups is 2. The molecule has 0 saturated carbocycles. The number of nitrogens with zero attached hydrogens (tertiary/aromatic N) is 3. The van der Waals surface area contributed by atoms with Gasteiger partial charge in [-0.25, -0.2) is 4.98 Å². The molecule has 2 amide bonds. The molecule has 3 rings (SSSR count). The summed E-state index contributed by atoms with van der Waals surface area (Å²) in [5.41, 5.74) is -0.660. The van der Waals surface area contributed by atoms with Gasteiger partial charge in [0.2, 0.25) is 0 Å². The molecule has 1 aliphatic rings. The highest BCUT2D eigenvalue weighted by Crippen LogP contribution is 2.36. The number of pyridine rings is 1. The fraction of sp³-hybridized carbons (Fsp3) is 0.263. The molecule has 2 heterocycles. The number of carbonyl (C=O) groups excluding carboxylic acids is 2. The Bertz CT molecular complexity index is 964. The summed E-state index contributed by atoms with van der Waals surface area (Å²) in [6, 6.07) is 8.95. The number of hydrogen-bond acceptors (Lipinski definition) is 5. The largest absolute Gasteiger partial charge is 0.417 e. The summed E-state index contributed by atoms with van der Waals surface area (Å²) in [6.07, 6.45) is -4.29. The van der Waals surface area contributed by atoms with Crippen molar-refractivity contribution in [3.8, 4) is 6.07 Å². The normalized spacial score (nSPS) is 13.6. The Labute approximate surface area is 163 Å². The number of benzene rings is 1. The van der Waals surface area contributed by atoms with E-state index in [0.29, 0.717) is 23.3 Å². The second kappa shape index (κ2) is 7.64. The standard InChI is InChI=1S/C19H14F3N3O2S/c1-11-9-15(19(20,21)22)14(10-23)16(24-11)28-8-4-7-25-17(26)12-5-2-3-6-13(12)18(25)27/h2-3,5-6,9H,4,7-8H2,1H3. The molecule has 0 saturated heterocycles. The number of amides is 2. The maximum atomic E-state index is 13.1. The zero-order valence-electron chi connectivity index (χ0n) is 14.7. The number of alkyl halides is 3. The highest BCUT2D eigenvalue weighted by Gasteiger charge is 2.36. The molecule has 0 N–H and O–H groups in total. The van der Waals surface area contributed by atoms with Crippen LogP contribution >= 0.6 is 11.8 Å². The van der Waals surface area contributed by atoms with Crippen molar-refractivity contribution < 1.29 is 22.8 Å². The van der Waals surface area contributed by atoms with Crippen molar-refractivity contribution in [1.29, 1.82) is 5.26 Å². The second-order valence-electron chi connectivity index (χ2n) is 6.11. The number of thioether (sulfide) groups is 1. The van der Waals surface area contributed by atoms with Gasteiger partial charge in [-0.15, -0.1) is 11.8 Å². The molecule has 1 aromatic carbocycles. The van der Waals surface area contributed by atoms with Gasteiger partial charge in [-0.1, -0.05) is 12.1 Å². The van der Waals surface area contributed by atoms with Crippen LogP contribution in [0.2, 0.25) is 0 Å². The lowest BCUT2D eigenvalue weighted by molar-refractivity contribution is -0.138. The van der Waals surface area contributed by atoms with E-state index in [-0.39, 0.29) is 29.1 Å². The van der Waals surface area contributed by atoms with E-state index in [4.69, 9.17) is 5.26 Å². The molecule has 9 heteroatoms. The van der Waals surface area contributed by atoms with Gasteiger partial charge < -0.3 is 0 Å². The van der Waals surface area contributed by atoms with Crippen LogP contribution in [0.3, 0.4) is 0 Å². The van der Waals surface area contributed by atoms with E-state index in [1.54, 1.807) is 30.3 Å². The van der Waals surface area contributed by atoms with Gasteiger partial charge >= 0.3 is 6.18 Å². The van der Waals surface area contributed by atoms with Crippen LogP contribution < -0.4 is 0 Å². The molecule has 0 aliphatic carbocycles. The molecule has 0 radical (unpaired) electrons. The summed E-state index contributed by atoms with van der Waals surface area (Å²) >= 11 is 1.00. The van der Waals surface area contributed by atoms with Gasteiger partial charge in [-0.05, 0) is 31.5 Å². The van der Waals surface area contributed by atoms with Crippen molar-refractivity contribution >= 4 is 23.6 Å². The average Bonchev–Trinajstić information content (AvgIpc) is 2.89. The SMILES string of the molecule is Cc1cc(C(F)(F)F)c(C#N)c(SCCCN2C(=O)c3ccccc3C2=O)n1. The van der Waals surface area contributed by atoms with Crippen LogP contribution in [0.4, 0.5) is 13.2 Å². The third-order valence-corrected chi connectivity index (χ3v) is 5.24. The molecule has 0 bridgehead atoms. The van der Waals surface area contributed by atoms with E-state index < -0.39 is 17.3 Å². The second-order valence-corrected chi connectivity index (χ2v) is 7.19.